The van der Waals surface area contributed by atoms with Gasteiger partial charge in [0, 0.05) is 31.1 Å². The quantitative estimate of drug-likeness (QED) is 0.350. The van der Waals surface area contributed by atoms with E-state index in [4.69, 9.17) is 9.47 Å². The van der Waals surface area contributed by atoms with Gasteiger partial charge in [0.05, 0.1) is 12.2 Å². The highest BCUT2D eigenvalue weighted by atomic mass is 19.1. The Morgan fingerprint density at radius 2 is 1.84 bits per heavy atom. The minimum Gasteiger partial charge on any atom is -0.483 e. The number of hydrogen-bond donors (Lipinski definition) is 1. The summed E-state index contributed by atoms with van der Waals surface area (Å²) in [6.07, 6.45) is 1.28. The molecule has 0 saturated carbocycles. The second-order valence-electron chi connectivity index (χ2n) is 8.11. The summed E-state index contributed by atoms with van der Waals surface area (Å²) in [5.41, 5.74) is -0.402. The van der Waals surface area contributed by atoms with Crippen LogP contribution in [0.15, 0.2) is 77.7 Å². The van der Waals surface area contributed by atoms with Gasteiger partial charge in [-0.3, -0.25) is 14.4 Å². The Morgan fingerprint density at radius 1 is 1.05 bits per heavy atom. The molecule has 0 saturated heterocycles. The molecule has 9 heteroatoms. The van der Waals surface area contributed by atoms with Crippen LogP contribution in [0.2, 0.25) is 0 Å². The van der Waals surface area contributed by atoms with Crippen LogP contribution in [0.1, 0.15) is 21.5 Å². The summed E-state index contributed by atoms with van der Waals surface area (Å²) in [4.78, 5) is 38.2. The van der Waals surface area contributed by atoms with E-state index in [2.05, 4.69) is 5.32 Å². The lowest BCUT2D eigenvalue weighted by molar-refractivity contribution is -0.118. The molecular formula is C28H22FN3O5. The van der Waals surface area contributed by atoms with Gasteiger partial charge in [0.25, 0.3) is 11.5 Å². The molecule has 0 radical (unpaired) electrons. The first-order valence-corrected chi connectivity index (χ1v) is 11.3. The molecule has 4 aromatic rings. The van der Waals surface area contributed by atoms with Gasteiger partial charge in [-0.1, -0.05) is 30.3 Å². The van der Waals surface area contributed by atoms with Gasteiger partial charge in [0.2, 0.25) is 0 Å². The number of carbonyl (C=O) groups excluding carboxylic acids is 2. The number of anilines is 1. The third-order valence-corrected chi connectivity index (χ3v) is 5.58. The molecule has 0 aliphatic carbocycles. The predicted octanol–water partition coefficient (Wildman–Crippen LogP) is 3.91. The second kappa shape index (κ2) is 11.3. The molecule has 4 rings (SSSR count). The van der Waals surface area contributed by atoms with Crippen molar-refractivity contribution in [3.63, 3.8) is 0 Å². The highest BCUT2D eigenvalue weighted by molar-refractivity contribution is 6.10. The number of nitrogens with one attached hydrogen (secondary N) is 1. The van der Waals surface area contributed by atoms with E-state index in [9.17, 15) is 24.0 Å². The van der Waals surface area contributed by atoms with Crippen molar-refractivity contribution >= 4 is 28.2 Å². The fourth-order valence-electron chi connectivity index (χ4n) is 3.76. The lowest BCUT2D eigenvalue weighted by Gasteiger charge is -2.13. The molecule has 0 bridgehead atoms. The number of halogens is 1. The molecule has 186 valence electrons. The lowest BCUT2D eigenvalue weighted by atomic mass is 10.0. The maximum absolute atomic E-state index is 14.1. The Bertz CT molecular complexity index is 1590. The number of hydrogen-bond acceptors (Lipinski definition) is 6. The van der Waals surface area contributed by atoms with Crippen molar-refractivity contribution in [3.8, 4) is 11.8 Å². The largest absolute Gasteiger partial charge is 0.483 e. The molecule has 0 spiro atoms. The van der Waals surface area contributed by atoms with Gasteiger partial charge in [0.15, 0.2) is 12.4 Å². The van der Waals surface area contributed by atoms with E-state index in [1.807, 2.05) is 36.4 Å². The number of nitrogens with zero attached hydrogens (tertiary/aromatic N) is 2. The van der Waals surface area contributed by atoms with E-state index in [1.165, 1.54) is 23.9 Å². The summed E-state index contributed by atoms with van der Waals surface area (Å²) in [6, 6.07) is 19.4. The van der Waals surface area contributed by atoms with Crippen LogP contribution in [0.4, 0.5) is 10.1 Å². The normalized spacial score (nSPS) is 10.6. The number of ether oxygens (including phenoxy) is 2. The number of amides is 1. The molecule has 1 aromatic heterocycles. The molecule has 1 heterocycles. The van der Waals surface area contributed by atoms with Gasteiger partial charge in [-0.15, -0.1) is 0 Å². The average molecular weight is 499 g/mol. The van der Waals surface area contributed by atoms with Gasteiger partial charge >= 0.3 is 0 Å². The van der Waals surface area contributed by atoms with Crippen LogP contribution in [0.5, 0.6) is 5.75 Å². The fraction of sp³-hybridized carbons (Fsp3) is 0.143. The average Bonchev–Trinajstić information content (AvgIpc) is 2.91. The minimum absolute atomic E-state index is 0.0108. The van der Waals surface area contributed by atoms with E-state index < -0.39 is 29.7 Å². The van der Waals surface area contributed by atoms with Crippen LogP contribution < -0.4 is 15.6 Å². The first kappa shape index (κ1) is 25.3. The lowest BCUT2D eigenvalue weighted by Crippen LogP contribution is -2.26. The molecule has 0 unspecified atom stereocenters. The maximum atomic E-state index is 14.1. The van der Waals surface area contributed by atoms with Crippen molar-refractivity contribution in [2.75, 3.05) is 25.6 Å². The Hall–Kier alpha value is -4.81. The van der Waals surface area contributed by atoms with Crippen LogP contribution in [0.25, 0.3) is 10.8 Å². The van der Waals surface area contributed by atoms with Crippen LogP contribution in [0, 0.1) is 17.1 Å². The summed E-state index contributed by atoms with van der Waals surface area (Å²) in [5, 5.41) is 14.1. The molecule has 0 fully saturated rings. The van der Waals surface area contributed by atoms with E-state index >= 15 is 0 Å². The smallest absolute Gasteiger partial charge is 0.268 e. The molecule has 8 nitrogen and oxygen atoms in total. The Balaban J connectivity index is 1.55. The van der Waals surface area contributed by atoms with Gasteiger partial charge in [-0.25, -0.2) is 4.39 Å². The highest BCUT2D eigenvalue weighted by Gasteiger charge is 2.20. The predicted molar refractivity (Wildman–Crippen MR) is 135 cm³/mol. The van der Waals surface area contributed by atoms with E-state index in [-0.39, 0.29) is 35.6 Å². The zero-order valence-corrected chi connectivity index (χ0v) is 19.9. The van der Waals surface area contributed by atoms with Crippen molar-refractivity contribution in [1.82, 2.24) is 4.57 Å². The SMILES string of the molecule is COCCn1cc(C(=O)c2cc(F)ccc2OCC(=O)Nc2ccc3ccccc3c2)cc(C#N)c1=O. The number of benzene rings is 3. The van der Waals surface area contributed by atoms with Crippen molar-refractivity contribution in [3.05, 3.63) is 106 Å². The van der Waals surface area contributed by atoms with Gasteiger partial charge in [-0.2, -0.15) is 5.26 Å². The Morgan fingerprint density at radius 3 is 2.59 bits per heavy atom. The highest BCUT2D eigenvalue weighted by Crippen LogP contribution is 2.24. The van der Waals surface area contributed by atoms with E-state index in [0.717, 1.165) is 29.0 Å². The monoisotopic (exact) mass is 499 g/mol. The molecule has 37 heavy (non-hydrogen) atoms. The maximum Gasteiger partial charge on any atom is 0.268 e. The molecule has 1 N–H and O–H groups in total. The van der Waals surface area contributed by atoms with Crippen LogP contribution in [-0.2, 0) is 16.1 Å². The molecular weight excluding hydrogens is 477 g/mol. The summed E-state index contributed by atoms with van der Waals surface area (Å²) in [7, 11) is 1.46. The third kappa shape index (κ3) is 5.89. The first-order chi connectivity index (χ1) is 17.9. The summed E-state index contributed by atoms with van der Waals surface area (Å²) >= 11 is 0. The van der Waals surface area contributed by atoms with Crippen molar-refractivity contribution < 1.29 is 23.5 Å². The van der Waals surface area contributed by atoms with Crippen molar-refractivity contribution in [2.45, 2.75) is 6.54 Å². The first-order valence-electron chi connectivity index (χ1n) is 11.3. The molecule has 3 aromatic carbocycles. The van der Waals surface area contributed by atoms with Crippen LogP contribution >= 0.6 is 0 Å². The third-order valence-electron chi connectivity index (χ3n) is 5.58. The van der Waals surface area contributed by atoms with Crippen molar-refractivity contribution in [1.29, 1.82) is 5.26 Å². The van der Waals surface area contributed by atoms with E-state index in [0.29, 0.717) is 5.69 Å². The van der Waals surface area contributed by atoms with Gasteiger partial charge in [-0.05, 0) is 47.2 Å². The van der Waals surface area contributed by atoms with Crippen LogP contribution in [0.3, 0.4) is 0 Å². The molecule has 0 aliphatic rings. The number of nitriles is 1. The van der Waals surface area contributed by atoms with Crippen LogP contribution in [-0.4, -0.2) is 36.6 Å². The topological polar surface area (TPSA) is 110 Å². The molecule has 0 atom stereocenters. The minimum atomic E-state index is -0.690. The summed E-state index contributed by atoms with van der Waals surface area (Å²) in [6.45, 7) is -0.134. The van der Waals surface area contributed by atoms with Crippen molar-refractivity contribution in [2.24, 2.45) is 0 Å². The zero-order chi connectivity index (χ0) is 26.4. The standard InChI is InChI=1S/C28H22FN3O5/c1-36-11-10-32-16-21(12-20(15-30)28(32)35)27(34)24-14-22(29)7-9-25(24)37-17-26(33)31-23-8-6-18-4-2-3-5-19(18)13-23/h2-9,12-14,16H,10-11,17H2,1H3,(H,31,33). The number of methoxy groups -OCH3 is 1. The summed E-state index contributed by atoms with van der Waals surface area (Å²) < 4.78 is 25.8. The number of carbonyl (C=O) groups is 2. The molecule has 0 aliphatic heterocycles. The number of fused-ring (bicyclic) bond motifs is 1. The van der Waals surface area contributed by atoms with Gasteiger partial charge in [0.1, 0.15) is 23.2 Å². The Labute approximate surface area is 211 Å². The zero-order valence-electron chi connectivity index (χ0n) is 19.9. The number of aromatic nitrogens is 1. The summed E-state index contributed by atoms with van der Waals surface area (Å²) in [5.74, 6) is -1.86. The fourth-order valence-corrected chi connectivity index (χ4v) is 3.76. The number of pyridine rings is 1. The second-order valence-corrected chi connectivity index (χ2v) is 8.11. The molecule has 1 amide bonds. The van der Waals surface area contributed by atoms with E-state index in [1.54, 1.807) is 12.1 Å². The van der Waals surface area contributed by atoms with Gasteiger partial charge < -0.3 is 19.4 Å². The Kier molecular flexibility index (Phi) is 7.71. The number of rotatable bonds is 9. The number of ketones is 1.